The standard InChI is InChI=1S/3C5H12O4.6C3H8O3/c3*6-1-5(2-7,3-8)4-9;6*4-1-3(6)2-5/h3*6-9H,1-4H2;6*3-6H,1-2H2. The first-order chi connectivity index (χ1) is 29.6. The quantitative estimate of drug-likeness (QED) is 0.0427. The van der Waals surface area contributed by atoms with Gasteiger partial charge in [-0.2, -0.15) is 0 Å². The van der Waals surface area contributed by atoms with Crippen LogP contribution in [0.5, 0.6) is 0 Å². The highest BCUT2D eigenvalue weighted by atomic mass is 16.4. The number of aliphatic hydroxyl groups excluding tert-OH is 30. The van der Waals surface area contributed by atoms with Crippen LogP contribution in [0.4, 0.5) is 0 Å². The van der Waals surface area contributed by atoms with Crippen LogP contribution in [0, 0.1) is 16.2 Å². The molecule has 0 radical (unpaired) electrons. The molecule has 0 aliphatic rings. The topological polar surface area (TPSA) is 607 Å². The van der Waals surface area contributed by atoms with Gasteiger partial charge in [-0.25, -0.2) is 0 Å². The monoisotopic (exact) mass is 961 g/mol. The van der Waals surface area contributed by atoms with E-state index < -0.39 is 132 Å². The van der Waals surface area contributed by atoms with Gasteiger partial charge in [0.05, 0.1) is 175 Å². The Morgan fingerprint density at radius 3 is 0.222 bits per heavy atom. The van der Waals surface area contributed by atoms with Gasteiger partial charge in [-0.3, -0.25) is 0 Å². The summed E-state index contributed by atoms with van der Waals surface area (Å²) in [5.74, 6) is 0. The van der Waals surface area contributed by atoms with Crippen LogP contribution in [0.2, 0.25) is 0 Å². The first kappa shape index (κ1) is 81.9. The van der Waals surface area contributed by atoms with E-state index in [1.165, 1.54) is 0 Å². The minimum atomic E-state index is -1.11. The van der Waals surface area contributed by atoms with E-state index >= 15 is 0 Å². The smallest absolute Gasteiger partial charge is 0.100 e. The summed E-state index contributed by atoms with van der Waals surface area (Å²) in [5.41, 5.74) is -3.33. The summed E-state index contributed by atoms with van der Waals surface area (Å²) in [7, 11) is 0. The molecule has 0 atom stereocenters. The molecule has 0 bridgehead atoms. The van der Waals surface area contributed by atoms with Gasteiger partial charge in [0, 0.05) is 0 Å². The van der Waals surface area contributed by atoms with Crippen LogP contribution in [-0.2, 0) is 0 Å². The third-order valence-corrected chi connectivity index (χ3v) is 6.55. The zero-order valence-corrected chi connectivity index (χ0v) is 35.4. The van der Waals surface area contributed by atoms with Gasteiger partial charge in [-0.15, -0.1) is 0 Å². The van der Waals surface area contributed by atoms with Gasteiger partial charge >= 0.3 is 0 Å². The number of aliphatic hydroxyl groups is 30. The Bertz CT molecular complexity index is 552. The van der Waals surface area contributed by atoms with Crippen LogP contribution in [0.1, 0.15) is 0 Å². The van der Waals surface area contributed by atoms with Gasteiger partial charge in [-0.05, 0) is 0 Å². The van der Waals surface area contributed by atoms with Crippen LogP contribution in [0.15, 0.2) is 0 Å². The third-order valence-electron chi connectivity index (χ3n) is 6.55. The predicted octanol–water partition coefficient (Wildman–Crippen LogP) is -16.2. The Labute approximate surface area is 364 Å². The maximum Gasteiger partial charge on any atom is 0.100 e. The van der Waals surface area contributed by atoms with E-state index in [4.69, 9.17) is 153 Å². The molecule has 396 valence electrons. The Balaban J connectivity index is -0.0000000749. The summed E-state index contributed by atoms with van der Waals surface area (Å²) in [6.45, 7) is -9.25. The van der Waals surface area contributed by atoms with E-state index in [9.17, 15) is 0 Å². The molecule has 0 unspecified atom stereocenters. The molecule has 30 nitrogen and oxygen atoms in total. The molecule has 0 aromatic rings. The van der Waals surface area contributed by atoms with Crippen molar-refractivity contribution in [3.63, 3.8) is 0 Å². The summed E-state index contributed by atoms with van der Waals surface area (Å²) >= 11 is 0. The van der Waals surface area contributed by atoms with Crippen LogP contribution in [0.25, 0.3) is 0 Å². The fourth-order valence-electron chi connectivity index (χ4n) is 1.25. The third kappa shape index (κ3) is 60.8. The molecule has 0 spiro atoms. The van der Waals surface area contributed by atoms with E-state index in [0.717, 1.165) is 0 Å². The molecular weight excluding hydrogens is 876 g/mol. The Kier molecular flexibility index (Phi) is 81.8. The summed E-state index contributed by atoms with van der Waals surface area (Å²) in [4.78, 5) is 0. The maximum atomic E-state index is 8.50. The Morgan fingerprint density at radius 2 is 0.222 bits per heavy atom. The van der Waals surface area contributed by atoms with Gasteiger partial charge < -0.3 is 153 Å². The van der Waals surface area contributed by atoms with Gasteiger partial charge in [0.25, 0.3) is 0 Å². The summed E-state index contributed by atoms with van der Waals surface area (Å²) < 4.78 is 0. The van der Waals surface area contributed by atoms with Crippen molar-refractivity contribution in [3.8, 4) is 0 Å². The average Bonchev–Trinajstić information content (AvgIpc) is 3.36. The van der Waals surface area contributed by atoms with Gasteiger partial charge in [-0.1, -0.05) is 0 Å². The molecule has 30 N–H and O–H groups in total. The minimum Gasteiger partial charge on any atom is -0.396 e. The number of rotatable bonds is 24. The second kappa shape index (κ2) is 62.9. The molecule has 0 saturated carbocycles. The molecule has 0 rings (SSSR count). The Hall–Kier alpha value is -1.20. The molecule has 30 heteroatoms. The maximum absolute atomic E-state index is 8.50. The molecule has 0 saturated heterocycles. The van der Waals surface area contributed by atoms with Crippen molar-refractivity contribution in [1.82, 2.24) is 0 Å². The minimum absolute atomic E-state index is 0.365. The van der Waals surface area contributed by atoms with E-state index in [1.807, 2.05) is 0 Å². The van der Waals surface area contributed by atoms with Crippen molar-refractivity contribution in [3.05, 3.63) is 0 Å². The van der Waals surface area contributed by atoms with E-state index in [0.29, 0.717) is 0 Å². The van der Waals surface area contributed by atoms with E-state index in [2.05, 4.69) is 0 Å². The van der Waals surface area contributed by atoms with Crippen molar-refractivity contribution in [1.29, 1.82) is 0 Å². The molecule has 0 aromatic heterocycles. The second-order valence-corrected chi connectivity index (χ2v) is 12.5. The molecule has 0 aromatic carbocycles. The second-order valence-electron chi connectivity index (χ2n) is 12.5. The lowest BCUT2D eigenvalue weighted by molar-refractivity contribution is -0.0332. The molecule has 0 fully saturated rings. The van der Waals surface area contributed by atoms with Crippen molar-refractivity contribution < 1.29 is 153 Å². The van der Waals surface area contributed by atoms with Gasteiger partial charge in [0.15, 0.2) is 0 Å². The fourth-order valence-corrected chi connectivity index (χ4v) is 1.25. The predicted molar refractivity (Wildman–Crippen MR) is 213 cm³/mol. The lowest BCUT2D eigenvalue weighted by atomic mass is 9.93. The van der Waals surface area contributed by atoms with Crippen molar-refractivity contribution >= 4 is 0 Å². The molecule has 0 aliphatic heterocycles. The van der Waals surface area contributed by atoms with Gasteiger partial charge in [0.2, 0.25) is 0 Å². The molecular formula is C33H84O30. The largest absolute Gasteiger partial charge is 0.396 e. The van der Waals surface area contributed by atoms with Crippen molar-refractivity contribution in [2.45, 2.75) is 36.6 Å². The number of hydrogen-bond donors (Lipinski definition) is 30. The summed E-state index contributed by atoms with van der Waals surface area (Å²) in [6.07, 6.45) is -5.72. The van der Waals surface area contributed by atoms with Crippen molar-refractivity contribution in [2.24, 2.45) is 16.2 Å². The summed E-state index contributed by atoms with van der Waals surface area (Å²) in [6, 6.07) is 0. The lowest BCUT2D eigenvalue weighted by Crippen LogP contribution is -2.37. The normalized spacial score (nSPS) is 10.9. The van der Waals surface area contributed by atoms with Crippen LogP contribution < -0.4 is 0 Å². The number of hydrogen-bond acceptors (Lipinski definition) is 30. The van der Waals surface area contributed by atoms with Crippen molar-refractivity contribution in [2.75, 3.05) is 159 Å². The zero-order chi connectivity index (χ0) is 51.9. The van der Waals surface area contributed by atoms with Crippen LogP contribution in [0.3, 0.4) is 0 Å². The van der Waals surface area contributed by atoms with Crippen LogP contribution in [-0.4, -0.2) is 348 Å². The molecule has 0 aliphatic carbocycles. The zero-order valence-electron chi connectivity index (χ0n) is 35.4. The fraction of sp³-hybridized carbons (Fsp3) is 1.00. The van der Waals surface area contributed by atoms with Gasteiger partial charge in [0.1, 0.15) is 36.6 Å². The highest BCUT2D eigenvalue weighted by Crippen LogP contribution is 2.13. The lowest BCUT2D eigenvalue weighted by Gasteiger charge is -2.23. The average molecular weight is 961 g/mol. The highest BCUT2D eigenvalue weighted by molar-refractivity contribution is 4.76. The molecule has 0 heterocycles. The first-order valence-electron chi connectivity index (χ1n) is 18.3. The van der Waals surface area contributed by atoms with E-state index in [-0.39, 0.29) is 79.3 Å². The highest BCUT2D eigenvalue weighted by Gasteiger charge is 2.28. The molecule has 0 amide bonds. The molecule has 63 heavy (non-hydrogen) atoms. The summed E-state index contributed by atoms with van der Waals surface area (Å²) in [5, 5.41) is 246. The van der Waals surface area contributed by atoms with E-state index in [1.54, 1.807) is 0 Å². The van der Waals surface area contributed by atoms with Crippen LogP contribution >= 0.6 is 0 Å². The first-order valence-corrected chi connectivity index (χ1v) is 18.3. The Morgan fingerprint density at radius 1 is 0.159 bits per heavy atom. The SMILES string of the molecule is OCC(CO)(CO)CO.OCC(CO)(CO)CO.OCC(CO)(CO)CO.OCC(O)CO.OCC(O)CO.OCC(O)CO.OCC(O)CO.OCC(O)CO.OCC(O)CO.